The number of ether oxygens (including phenoxy) is 1. The molecule has 1 heterocycles. The van der Waals surface area contributed by atoms with Crippen LogP contribution in [0.4, 0.5) is 0 Å². The van der Waals surface area contributed by atoms with Gasteiger partial charge in [-0.3, -0.25) is 4.79 Å². The number of carboxylic acids is 1. The van der Waals surface area contributed by atoms with Crippen LogP contribution in [0.1, 0.15) is 30.6 Å². The quantitative estimate of drug-likeness (QED) is 0.762. The summed E-state index contributed by atoms with van der Waals surface area (Å²) >= 11 is 0. The molecule has 2 N–H and O–H groups in total. The molecule has 1 fully saturated rings. The van der Waals surface area contributed by atoms with Gasteiger partial charge in [0.2, 0.25) is 10.0 Å². The molecule has 138 valence electrons. The van der Waals surface area contributed by atoms with Gasteiger partial charge < -0.3 is 14.7 Å². The summed E-state index contributed by atoms with van der Waals surface area (Å²) in [7, 11) is -3.65. The minimum Gasteiger partial charge on any atom is -0.480 e. The molecule has 0 saturated carbocycles. The van der Waals surface area contributed by atoms with Gasteiger partial charge in [0.1, 0.15) is 0 Å². The second-order valence-electron chi connectivity index (χ2n) is 5.88. The second-order valence-corrected chi connectivity index (χ2v) is 7.60. The van der Waals surface area contributed by atoms with Crippen molar-refractivity contribution in [2.45, 2.75) is 37.2 Å². The van der Waals surface area contributed by atoms with Crippen LogP contribution in [0.5, 0.6) is 0 Å². The molecule has 2 atom stereocenters. The first-order valence-electron chi connectivity index (χ1n) is 8.00. The third kappa shape index (κ3) is 4.56. The number of nitrogens with one attached hydrogen (secondary N) is 1. The van der Waals surface area contributed by atoms with Crippen molar-refractivity contribution in [2.75, 3.05) is 19.8 Å². The number of amides is 1. The van der Waals surface area contributed by atoms with Crippen molar-refractivity contribution < 1.29 is 27.9 Å². The molecular formula is C16H22N2O6S. The molecule has 1 amide bonds. The van der Waals surface area contributed by atoms with Gasteiger partial charge in [0.25, 0.3) is 5.91 Å². The Morgan fingerprint density at radius 2 is 2.00 bits per heavy atom. The van der Waals surface area contributed by atoms with Crippen molar-refractivity contribution >= 4 is 21.9 Å². The highest BCUT2D eigenvalue weighted by Gasteiger charge is 2.33. The normalized spacial score (nSPS) is 19.4. The summed E-state index contributed by atoms with van der Waals surface area (Å²) < 4.78 is 32.1. The highest BCUT2D eigenvalue weighted by molar-refractivity contribution is 7.89. The summed E-state index contributed by atoms with van der Waals surface area (Å²) in [6, 6.07) is 4.22. The number of carboxylic acid groups (broad SMARTS) is 1. The Morgan fingerprint density at radius 3 is 2.56 bits per heavy atom. The first-order chi connectivity index (χ1) is 11.8. The van der Waals surface area contributed by atoms with Crippen LogP contribution < -0.4 is 4.72 Å². The number of benzene rings is 1. The predicted molar refractivity (Wildman–Crippen MR) is 89.8 cm³/mol. The zero-order valence-corrected chi connectivity index (χ0v) is 15.0. The molecule has 9 heteroatoms. The van der Waals surface area contributed by atoms with Gasteiger partial charge >= 0.3 is 5.97 Å². The zero-order chi connectivity index (χ0) is 18.6. The molecule has 25 heavy (non-hydrogen) atoms. The van der Waals surface area contributed by atoms with Crippen molar-refractivity contribution in [2.24, 2.45) is 0 Å². The van der Waals surface area contributed by atoms with Crippen LogP contribution in [0, 0.1) is 0 Å². The molecule has 1 saturated heterocycles. The Bertz CT molecular complexity index is 731. The molecule has 1 aromatic carbocycles. The lowest BCUT2D eigenvalue weighted by Crippen LogP contribution is -2.52. The SMILES string of the molecule is CCC(C)NS(=O)(=O)c1ccc(C(=O)N2CCOCC2C(=O)O)cc1. The lowest BCUT2D eigenvalue weighted by molar-refractivity contribution is -0.147. The summed E-state index contributed by atoms with van der Waals surface area (Å²) in [6.45, 7) is 4.01. The van der Waals surface area contributed by atoms with Crippen molar-refractivity contribution in [3.8, 4) is 0 Å². The van der Waals surface area contributed by atoms with Crippen LogP contribution in [0.3, 0.4) is 0 Å². The van der Waals surface area contributed by atoms with Crippen molar-refractivity contribution in [3.63, 3.8) is 0 Å². The molecule has 0 radical (unpaired) electrons. The Kier molecular flexibility index (Phi) is 6.15. The van der Waals surface area contributed by atoms with E-state index >= 15 is 0 Å². The van der Waals surface area contributed by atoms with Crippen molar-refractivity contribution in [1.82, 2.24) is 9.62 Å². The molecule has 0 aliphatic carbocycles. The smallest absolute Gasteiger partial charge is 0.328 e. The summed E-state index contributed by atoms with van der Waals surface area (Å²) in [4.78, 5) is 25.1. The van der Waals surface area contributed by atoms with Gasteiger partial charge in [-0.15, -0.1) is 0 Å². The summed E-state index contributed by atoms with van der Waals surface area (Å²) in [5.74, 6) is -1.60. The van der Waals surface area contributed by atoms with Crippen LogP contribution in [0.25, 0.3) is 0 Å². The van der Waals surface area contributed by atoms with E-state index in [4.69, 9.17) is 4.74 Å². The number of rotatable bonds is 6. The van der Waals surface area contributed by atoms with E-state index in [-0.39, 0.29) is 36.3 Å². The Labute approximate surface area is 146 Å². The summed E-state index contributed by atoms with van der Waals surface area (Å²) in [5, 5.41) is 9.20. The maximum Gasteiger partial charge on any atom is 0.328 e. The number of morpholine rings is 1. The van der Waals surface area contributed by atoms with E-state index in [0.717, 1.165) is 0 Å². The van der Waals surface area contributed by atoms with Crippen LogP contribution in [0.15, 0.2) is 29.2 Å². The molecule has 1 aromatic rings. The van der Waals surface area contributed by atoms with Gasteiger partial charge in [0.05, 0.1) is 18.1 Å². The maximum atomic E-state index is 12.5. The third-order valence-corrected chi connectivity index (χ3v) is 5.66. The molecule has 8 nitrogen and oxygen atoms in total. The number of carbonyl (C=O) groups excluding carboxylic acids is 1. The first-order valence-corrected chi connectivity index (χ1v) is 9.48. The van der Waals surface area contributed by atoms with E-state index in [2.05, 4.69) is 4.72 Å². The highest BCUT2D eigenvalue weighted by atomic mass is 32.2. The molecule has 1 aliphatic heterocycles. The number of nitrogens with zero attached hydrogens (tertiary/aromatic N) is 1. The third-order valence-electron chi connectivity index (χ3n) is 4.05. The van der Waals surface area contributed by atoms with Gasteiger partial charge in [0, 0.05) is 18.2 Å². The standard InChI is InChI=1S/C16H22N2O6S/c1-3-11(2)17-25(22,23)13-6-4-12(5-7-13)15(19)18-8-9-24-10-14(18)16(20)21/h4-7,11,14,17H,3,8-10H2,1-2H3,(H,20,21). The summed E-state index contributed by atoms with van der Waals surface area (Å²) in [6.07, 6.45) is 0.656. The lowest BCUT2D eigenvalue weighted by atomic mass is 10.1. The average Bonchev–Trinajstić information content (AvgIpc) is 2.60. The van der Waals surface area contributed by atoms with Crippen molar-refractivity contribution in [3.05, 3.63) is 29.8 Å². The molecule has 1 aliphatic rings. The monoisotopic (exact) mass is 370 g/mol. The van der Waals surface area contributed by atoms with E-state index in [0.29, 0.717) is 6.42 Å². The Balaban J connectivity index is 2.19. The number of hydrogen-bond donors (Lipinski definition) is 2. The first kappa shape index (κ1) is 19.4. The van der Waals surface area contributed by atoms with Gasteiger partial charge in [-0.25, -0.2) is 17.9 Å². The zero-order valence-electron chi connectivity index (χ0n) is 14.1. The fourth-order valence-electron chi connectivity index (χ4n) is 2.41. The minimum atomic E-state index is -3.65. The predicted octanol–water partition coefficient (Wildman–Crippen LogP) is 0.689. The minimum absolute atomic E-state index is 0.0566. The largest absolute Gasteiger partial charge is 0.480 e. The van der Waals surface area contributed by atoms with E-state index in [1.165, 1.54) is 29.2 Å². The van der Waals surface area contributed by atoms with Crippen LogP contribution in [-0.4, -0.2) is 62.1 Å². The van der Waals surface area contributed by atoms with Gasteiger partial charge in [0.15, 0.2) is 6.04 Å². The number of carbonyl (C=O) groups is 2. The number of aliphatic carboxylic acids is 1. The average molecular weight is 370 g/mol. The van der Waals surface area contributed by atoms with Crippen molar-refractivity contribution in [1.29, 1.82) is 0 Å². The van der Waals surface area contributed by atoms with E-state index in [9.17, 15) is 23.1 Å². The summed E-state index contributed by atoms with van der Waals surface area (Å²) in [5.41, 5.74) is 0.232. The Hall–Kier alpha value is -1.97. The van der Waals surface area contributed by atoms with Gasteiger partial charge in [-0.1, -0.05) is 6.92 Å². The molecule has 2 rings (SSSR count). The van der Waals surface area contributed by atoms with E-state index in [1.807, 2.05) is 6.92 Å². The second kappa shape index (κ2) is 7.94. The van der Waals surface area contributed by atoms with E-state index < -0.39 is 27.9 Å². The number of sulfonamides is 1. The topological polar surface area (TPSA) is 113 Å². The van der Waals surface area contributed by atoms with Crippen LogP contribution in [0.2, 0.25) is 0 Å². The lowest BCUT2D eigenvalue weighted by Gasteiger charge is -2.32. The van der Waals surface area contributed by atoms with Gasteiger partial charge in [-0.05, 0) is 37.6 Å². The molecule has 0 spiro atoms. The molecule has 2 unspecified atom stereocenters. The fraction of sp³-hybridized carbons (Fsp3) is 0.500. The maximum absolute atomic E-state index is 12.5. The molecule has 0 aromatic heterocycles. The fourth-order valence-corrected chi connectivity index (χ4v) is 3.74. The van der Waals surface area contributed by atoms with Gasteiger partial charge in [-0.2, -0.15) is 0 Å². The van der Waals surface area contributed by atoms with E-state index in [1.54, 1.807) is 6.92 Å². The Morgan fingerprint density at radius 1 is 1.36 bits per heavy atom. The molecule has 0 bridgehead atoms. The van der Waals surface area contributed by atoms with Crippen LogP contribution >= 0.6 is 0 Å². The van der Waals surface area contributed by atoms with Crippen LogP contribution in [-0.2, 0) is 19.6 Å². The molecular weight excluding hydrogens is 348 g/mol. The highest BCUT2D eigenvalue weighted by Crippen LogP contribution is 2.16. The number of hydrogen-bond acceptors (Lipinski definition) is 5.